The van der Waals surface area contributed by atoms with Gasteiger partial charge < -0.3 is 5.73 Å². The van der Waals surface area contributed by atoms with E-state index in [1.807, 2.05) is 18.2 Å². The highest BCUT2D eigenvalue weighted by atomic mass is 127. The largest absolute Gasteiger partial charge is 0.325 e. The molecule has 0 bridgehead atoms. The predicted octanol–water partition coefficient (Wildman–Crippen LogP) is 2.87. The number of hydrogen-bond acceptors (Lipinski definition) is 3. The molecule has 0 aliphatic heterocycles. The van der Waals surface area contributed by atoms with E-state index in [2.05, 4.69) is 39.7 Å². The van der Waals surface area contributed by atoms with Gasteiger partial charge in [-0.3, -0.25) is 0 Å². The van der Waals surface area contributed by atoms with Crippen LogP contribution < -0.4 is 5.73 Å². The Morgan fingerprint density at radius 1 is 1.29 bits per heavy atom. The lowest BCUT2D eigenvalue weighted by molar-refractivity contribution is 1.01. The fraction of sp³-hybridized carbons (Fsp3) is 0.100. The Kier molecular flexibility index (Phi) is 3.15. The first-order valence-electron chi connectivity index (χ1n) is 4.22. The number of hydrogen-bond donors (Lipinski definition) is 1. The normalized spacial score (nSPS) is 10.4. The Morgan fingerprint density at radius 2 is 2.00 bits per heavy atom. The maximum Gasteiger partial charge on any atom is 0.154 e. The topological polar surface area (TPSA) is 38.9 Å². The summed E-state index contributed by atoms with van der Waals surface area (Å²) in [5, 5.41) is 0. The van der Waals surface area contributed by atoms with E-state index in [0.29, 0.717) is 6.54 Å². The van der Waals surface area contributed by atoms with Crippen molar-refractivity contribution in [2.45, 2.75) is 6.54 Å². The summed E-state index contributed by atoms with van der Waals surface area (Å²) in [5.74, 6) is 0. The third-order valence-electron chi connectivity index (χ3n) is 1.90. The van der Waals surface area contributed by atoms with Crippen molar-refractivity contribution < 1.29 is 0 Å². The van der Waals surface area contributed by atoms with Crippen molar-refractivity contribution in [1.29, 1.82) is 0 Å². The molecule has 0 unspecified atom stereocenters. The Labute approximate surface area is 100 Å². The van der Waals surface area contributed by atoms with Crippen LogP contribution in [0.1, 0.15) is 5.69 Å². The highest BCUT2D eigenvalue weighted by Gasteiger charge is 2.09. The Balaban J connectivity index is 2.51. The number of benzene rings is 1. The molecule has 2 aromatic rings. The zero-order valence-corrected chi connectivity index (χ0v) is 10.4. The van der Waals surface area contributed by atoms with Crippen molar-refractivity contribution in [1.82, 2.24) is 4.98 Å². The van der Waals surface area contributed by atoms with E-state index in [9.17, 15) is 0 Å². The van der Waals surface area contributed by atoms with Crippen molar-refractivity contribution in [3.05, 3.63) is 39.0 Å². The smallest absolute Gasteiger partial charge is 0.154 e. The fourth-order valence-corrected chi connectivity index (χ4v) is 3.05. The molecule has 0 amide bonds. The van der Waals surface area contributed by atoms with E-state index in [4.69, 9.17) is 5.73 Å². The summed E-state index contributed by atoms with van der Waals surface area (Å²) in [7, 11) is 0. The SMILES string of the molecule is NCc1nc(I)sc1-c1ccccc1. The summed E-state index contributed by atoms with van der Waals surface area (Å²) in [6, 6.07) is 10.2. The Morgan fingerprint density at radius 3 is 2.64 bits per heavy atom. The molecule has 0 spiro atoms. The van der Waals surface area contributed by atoms with Gasteiger partial charge in [-0.15, -0.1) is 11.3 Å². The van der Waals surface area contributed by atoms with Crippen LogP contribution in [0.4, 0.5) is 0 Å². The molecular formula is C10H9IN2S. The van der Waals surface area contributed by atoms with Crippen LogP contribution in [0, 0.1) is 3.01 Å². The van der Waals surface area contributed by atoms with Crippen LogP contribution in [-0.2, 0) is 6.54 Å². The molecule has 14 heavy (non-hydrogen) atoms. The van der Waals surface area contributed by atoms with Gasteiger partial charge in [-0.2, -0.15) is 0 Å². The number of aromatic nitrogens is 1. The van der Waals surface area contributed by atoms with Crippen molar-refractivity contribution in [3.63, 3.8) is 0 Å². The minimum atomic E-state index is 0.504. The zero-order valence-electron chi connectivity index (χ0n) is 7.40. The third kappa shape index (κ3) is 1.97. The second-order valence-electron chi connectivity index (χ2n) is 2.81. The van der Waals surface area contributed by atoms with Crippen LogP contribution >= 0.6 is 33.9 Å². The van der Waals surface area contributed by atoms with Gasteiger partial charge in [0.25, 0.3) is 0 Å². The highest BCUT2D eigenvalue weighted by Crippen LogP contribution is 2.30. The average Bonchev–Trinajstić information content (AvgIpc) is 2.61. The number of nitrogens with two attached hydrogens (primary N) is 1. The molecule has 2 N–H and O–H groups in total. The van der Waals surface area contributed by atoms with Crippen LogP contribution in [0.25, 0.3) is 10.4 Å². The molecular weight excluding hydrogens is 307 g/mol. The molecule has 4 heteroatoms. The van der Waals surface area contributed by atoms with Gasteiger partial charge in [0.15, 0.2) is 3.01 Å². The van der Waals surface area contributed by atoms with Crippen molar-refractivity contribution >= 4 is 33.9 Å². The summed E-state index contributed by atoms with van der Waals surface area (Å²) in [6.07, 6.45) is 0. The van der Waals surface area contributed by atoms with Gasteiger partial charge >= 0.3 is 0 Å². The molecule has 1 aromatic carbocycles. The van der Waals surface area contributed by atoms with E-state index in [1.165, 1.54) is 10.4 Å². The van der Waals surface area contributed by atoms with Gasteiger partial charge in [0, 0.05) is 6.54 Å². The van der Waals surface area contributed by atoms with Crippen molar-refractivity contribution in [2.75, 3.05) is 0 Å². The fourth-order valence-electron chi connectivity index (χ4n) is 1.28. The molecule has 0 aliphatic rings. The van der Waals surface area contributed by atoms with Gasteiger partial charge in [-0.25, -0.2) is 4.98 Å². The predicted molar refractivity (Wildman–Crippen MR) is 68.2 cm³/mol. The maximum absolute atomic E-state index is 5.64. The minimum Gasteiger partial charge on any atom is -0.325 e. The molecule has 0 saturated carbocycles. The summed E-state index contributed by atoms with van der Waals surface area (Å²) >= 11 is 3.92. The number of nitrogens with zero attached hydrogens (tertiary/aromatic N) is 1. The number of thiazole rings is 1. The quantitative estimate of drug-likeness (QED) is 0.865. The Hall–Kier alpha value is -0.460. The van der Waals surface area contributed by atoms with Gasteiger partial charge in [0.05, 0.1) is 10.6 Å². The summed E-state index contributed by atoms with van der Waals surface area (Å²) in [5.41, 5.74) is 7.84. The molecule has 0 aliphatic carbocycles. The van der Waals surface area contributed by atoms with Gasteiger partial charge in [0.1, 0.15) is 0 Å². The zero-order chi connectivity index (χ0) is 9.97. The molecule has 0 saturated heterocycles. The average molecular weight is 316 g/mol. The highest BCUT2D eigenvalue weighted by molar-refractivity contribution is 14.1. The van der Waals surface area contributed by atoms with Gasteiger partial charge in [-0.1, -0.05) is 30.3 Å². The molecule has 0 fully saturated rings. The molecule has 2 rings (SSSR count). The monoisotopic (exact) mass is 316 g/mol. The van der Waals surface area contributed by atoms with Gasteiger partial charge in [0.2, 0.25) is 0 Å². The first kappa shape index (κ1) is 10.1. The molecule has 0 atom stereocenters. The van der Waals surface area contributed by atoms with Crippen molar-refractivity contribution in [2.24, 2.45) is 5.73 Å². The molecule has 0 radical (unpaired) electrons. The lowest BCUT2D eigenvalue weighted by Crippen LogP contribution is -1.98. The first-order valence-corrected chi connectivity index (χ1v) is 6.11. The van der Waals surface area contributed by atoms with E-state index >= 15 is 0 Å². The third-order valence-corrected chi connectivity index (χ3v) is 3.74. The summed E-state index contributed by atoms with van der Waals surface area (Å²) in [4.78, 5) is 5.58. The number of rotatable bonds is 2. The van der Waals surface area contributed by atoms with Crippen LogP contribution in [0.5, 0.6) is 0 Å². The van der Waals surface area contributed by atoms with E-state index in [0.717, 1.165) is 8.71 Å². The second-order valence-corrected chi connectivity index (χ2v) is 5.57. The van der Waals surface area contributed by atoms with Crippen LogP contribution in [-0.4, -0.2) is 4.98 Å². The molecule has 1 heterocycles. The first-order chi connectivity index (χ1) is 6.81. The van der Waals surface area contributed by atoms with Crippen LogP contribution in [0.2, 0.25) is 0 Å². The van der Waals surface area contributed by atoms with Crippen LogP contribution in [0.3, 0.4) is 0 Å². The molecule has 72 valence electrons. The van der Waals surface area contributed by atoms with E-state index in [1.54, 1.807) is 11.3 Å². The molecule has 2 nitrogen and oxygen atoms in total. The minimum absolute atomic E-state index is 0.504. The van der Waals surface area contributed by atoms with Gasteiger partial charge in [-0.05, 0) is 28.2 Å². The summed E-state index contributed by atoms with van der Waals surface area (Å²) < 4.78 is 1.04. The standard InChI is InChI=1S/C10H9IN2S/c11-10-13-8(6-12)9(14-10)7-4-2-1-3-5-7/h1-5H,6,12H2. The lowest BCUT2D eigenvalue weighted by atomic mass is 10.1. The lowest BCUT2D eigenvalue weighted by Gasteiger charge is -1.98. The molecule has 1 aromatic heterocycles. The van der Waals surface area contributed by atoms with E-state index < -0.39 is 0 Å². The Bertz CT molecular complexity index is 425. The summed E-state index contributed by atoms with van der Waals surface area (Å²) in [6.45, 7) is 0.504. The van der Waals surface area contributed by atoms with E-state index in [-0.39, 0.29) is 0 Å². The second kappa shape index (κ2) is 4.37. The van der Waals surface area contributed by atoms with Crippen molar-refractivity contribution in [3.8, 4) is 10.4 Å². The maximum atomic E-state index is 5.64. The number of halogens is 1. The van der Waals surface area contributed by atoms with Crippen LogP contribution in [0.15, 0.2) is 30.3 Å².